The summed E-state index contributed by atoms with van der Waals surface area (Å²) in [5.74, 6) is -0.0247. The Morgan fingerprint density at radius 3 is 2.66 bits per heavy atom. The van der Waals surface area contributed by atoms with Gasteiger partial charge in [-0.2, -0.15) is 13.2 Å². The number of fused-ring (bicyclic) bond motifs is 1. The first kappa shape index (κ1) is 19.6. The van der Waals surface area contributed by atoms with Gasteiger partial charge in [-0.25, -0.2) is 4.98 Å². The number of benzene rings is 1. The molecule has 1 fully saturated rings. The number of phenolic OH excluding ortho intramolecular Hbond substituents is 1. The summed E-state index contributed by atoms with van der Waals surface area (Å²) in [7, 11) is 0. The summed E-state index contributed by atoms with van der Waals surface area (Å²) in [5.41, 5.74) is -1.79. The fourth-order valence-electron chi connectivity index (χ4n) is 3.44. The van der Waals surface area contributed by atoms with Gasteiger partial charge in [0.25, 0.3) is 5.56 Å². The minimum Gasteiger partial charge on any atom is -0.508 e. The molecule has 6 nitrogen and oxygen atoms in total. The van der Waals surface area contributed by atoms with E-state index in [1.165, 1.54) is 28.8 Å². The Labute approximate surface area is 167 Å². The van der Waals surface area contributed by atoms with Gasteiger partial charge in [-0.3, -0.25) is 14.3 Å². The summed E-state index contributed by atoms with van der Waals surface area (Å²) in [6.07, 6.45) is -3.40. The van der Waals surface area contributed by atoms with Gasteiger partial charge in [0.1, 0.15) is 11.4 Å². The Balaban J connectivity index is 2.02. The predicted octanol–water partition coefficient (Wildman–Crippen LogP) is 4.02. The highest BCUT2D eigenvalue weighted by molar-refractivity contribution is 7.71. The van der Waals surface area contributed by atoms with E-state index in [4.69, 9.17) is 17.0 Å². The monoisotopic (exact) mass is 423 g/mol. The van der Waals surface area contributed by atoms with E-state index in [1.54, 1.807) is 0 Å². The van der Waals surface area contributed by atoms with Gasteiger partial charge in [-0.1, -0.05) is 0 Å². The molecule has 2 aromatic heterocycles. The third-order valence-corrected chi connectivity index (χ3v) is 5.15. The molecular formula is C19H16F3N3O3S. The van der Waals surface area contributed by atoms with Crippen LogP contribution >= 0.6 is 12.2 Å². The number of ether oxygens (including phenoxy) is 1. The number of nitrogens with zero attached hydrogens (tertiary/aromatic N) is 2. The molecule has 1 aromatic carbocycles. The van der Waals surface area contributed by atoms with Crippen molar-refractivity contribution in [3.63, 3.8) is 0 Å². The Bertz CT molecular complexity index is 1180. The van der Waals surface area contributed by atoms with E-state index in [1.807, 2.05) is 0 Å². The number of halogens is 3. The van der Waals surface area contributed by atoms with Crippen molar-refractivity contribution in [2.75, 3.05) is 6.61 Å². The molecule has 2 N–H and O–H groups in total. The minimum absolute atomic E-state index is 0.0125. The molecule has 1 saturated heterocycles. The molecule has 10 heteroatoms. The summed E-state index contributed by atoms with van der Waals surface area (Å²) >= 11 is 5.21. The number of phenols is 1. The zero-order valence-corrected chi connectivity index (χ0v) is 15.8. The summed E-state index contributed by atoms with van der Waals surface area (Å²) in [6.45, 7) is 0.759. The highest BCUT2D eigenvalue weighted by Gasteiger charge is 2.35. The average Bonchev–Trinajstić information content (AvgIpc) is 3.17. The van der Waals surface area contributed by atoms with Crippen LogP contribution in [0.25, 0.3) is 22.3 Å². The summed E-state index contributed by atoms with van der Waals surface area (Å²) in [5, 5.41) is 8.89. The molecule has 0 bridgehead atoms. The molecule has 0 amide bonds. The molecule has 1 atom stereocenters. The number of aromatic hydroxyl groups is 1. The highest BCUT2D eigenvalue weighted by Crippen LogP contribution is 2.36. The highest BCUT2D eigenvalue weighted by atomic mass is 32.1. The normalized spacial score (nSPS) is 17.1. The molecule has 3 aromatic rings. The van der Waals surface area contributed by atoms with E-state index in [-0.39, 0.29) is 34.5 Å². The van der Waals surface area contributed by atoms with Gasteiger partial charge >= 0.3 is 6.18 Å². The van der Waals surface area contributed by atoms with Crippen molar-refractivity contribution in [2.24, 2.45) is 0 Å². The van der Waals surface area contributed by atoms with Gasteiger partial charge in [0.05, 0.1) is 29.3 Å². The number of H-pyrrole nitrogens is 1. The van der Waals surface area contributed by atoms with Crippen LogP contribution in [-0.2, 0) is 17.5 Å². The zero-order chi connectivity index (χ0) is 20.8. The fourth-order valence-corrected chi connectivity index (χ4v) is 3.69. The average molecular weight is 423 g/mol. The van der Waals surface area contributed by atoms with E-state index in [0.717, 1.165) is 18.9 Å². The molecule has 0 aliphatic carbocycles. The van der Waals surface area contributed by atoms with E-state index in [0.29, 0.717) is 12.2 Å². The van der Waals surface area contributed by atoms with Gasteiger partial charge < -0.3 is 9.84 Å². The Morgan fingerprint density at radius 2 is 2.03 bits per heavy atom. The number of aromatic amines is 1. The molecule has 0 saturated carbocycles. The quantitative estimate of drug-likeness (QED) is 0.622. The van der Waals surface area contributed by atoms with E-state index < -0.39 is 22.7 Å². The third-order valence-electron chi connectivity index (χ3n) is 4.83. The predicted molar refractivity (Wildman–Crippen MR) is 102 cm³/mol. The summed E-state index contributed by atoms with van der Waals surface area (Å²) in [6, 6.07) is 6.45. The first-order chi connectivity index (χ1) is 13.7. The second-order valence-corrected chi connectivity index (χ2v) is 7.19. The number of alkyl halides is 3. The second-order valence-electron chi connectivity index (χ2n) is 6.80. The SMILES string of the molecule is O=c1[nH]c(=S)n(CC2CCCO2)c2nc(-c3ccc(O)cc3)cc(C(F)(F)F)c12. The van der Waals surface area contributed by atoms with E-state index in [2.05, 4.69) is 9.97 Å². The number of hydrogen-bond donors (Lipinski definition) is 2. The van der Waals surface area contributed by atoms with E-state index in [9.17, 15) is 23.1 Å². The van der Waals surface area contributed by atoms with Gasteiger partial charge in [0, 0.05) is 12.2 Å². The molecule has 152 valence electrons. The topological polar surface area (TPSA) is 80.1 Å². The van der Waals surface area contributed by atoms with Gasteiger partial charge in [0.15, 0.2) is 4.77 Å². The third kappa shape index (κ3) is 3.77. The molecule has 29 heavy (non-hydrogen) atoms. The van der Waals surface area contributed by atoms with Crippen LogP contribution < -0.4 is 5.56 Å². The molecule has 1 unspecified atom stereocenters. The zero-order valence-electron chi connectivity index (χ0n) is 15.0. The maximum absolute atomic E-state index is 13.8. The fraction of sp³-hybridized carbons (Fsp3) is 0.316. The number of aromatic nitrogens is 3. The molecule has 1 aliphatic rings. The second kappa shape index (κ2) is 7.27. The van der Waals surface area contributed by atoms with E-state index >= 15 is 0 Å². The smallest absolute Gasteiger partial charge is 0.417 e. The number of nitrogens with one attached hydrogen (secondary N) is 1. The number of hydrogen-bond acceptors (Lipinski definition) is 5. The van der Waals surface area contributed by atoms with Crippen molar-refractivity contribution in [2.45, 2.75) is 31.7 Å². The first-order valence-corrected chi connectivity index (χ1v) is 9.31. The Hall–Kier alpha value is -2.72. The molecule has 0 spiro atoms. The van der Waals surface area contributed by atoms with Crippen LogP contribution in [-0.4, -0.2) is 32.4 Å². The Kier molecular flexibility index (Phi) is 4.91. The molecule has 0 radical (unpaired) electrons. The van der Waals surface area contributed by atoms with Crippen molar-refractivity contribution in [3.05, 3.63) is 51.0 Å². The standard InChI is InChI=1S/C19H16F3N3O3S/c20-19(21,22)13-8-14(10-3-5-11(26)6-4-10)23-16-15(13)17(27)24-18(29)25(16)9-12-2-1-7-28-12/h3-6,8,12,26H,1-2,7,9H2,(H,24,27,29). The van der Waals surface area contributed by atoms with Crippen molar-refractivity contribution in [1.82, 2.24) is 14.5 Å². The lowest BCUT2D eigenvalue weighted by molar-refractivity contribution is -0.136. The van der Waals surface area contributed by atoms with Crippen LogP contribution in [0.4, 0.5) is 13.2 Å². The van der Waals surface area contributed by atoms with Gasteiger partial charge in [0.2, 0.25) is 0 Å². The molecule has 1 aliphatic heterocycles. The molecule has 3 heterocycles. The molecular weight excluding hydrogens is 407 g/mol. The largest absolute Gasteiger partial charge is 0.508 e. The maximum Gasteiger partial charge on any atom is 0.417 e. The lowest BCUT2D eigenvalue weighted by Gasteiger charge is -2.18. The maximum atomic E-state index is 13.8. The van der Waals surface area contributed by atoms with Gasteiger partial charge in [-0.05, 0) is 55.4 Å². The Morgan fingerprint density at radius 1 is 1.31 bits per heavy atom. The summed E-state index contributed by atoms with van der Waals surface area (Å²) in [4.78, 5) is 19.1. The van der Waals surface area contributed by atoms with Crippen LogP contribution in [0.2, 0.25) is 0 Å². The first-order valence-electron chi connectivity index (χ1n) is 8.90. The van der Waals surface area contributed by atoms with Gasteiger partial charge in [-0.15, -0.1) is 0 Å². The number of pyridine rings is 1. The van der Waals surface area contributed by atoms with Crippen molar-refractivity contribution in [3.8, 4) is 17.0 Å². The lowest BCUT2D eigenvalue weighted by atomic mass is 10.1. The van der Waals surface area contributed by atoms with Crippen LogP contribution in [0.1, 0.15) is 18.4 Å². The van der Waals surface area contributed by atoms with Crippen LogP contribution in [0, 0.1) is 4.77 Å². The molecule has 4 rings (SSSR count). The lowest BCUT2D eigenvalue weighted by Crippen LogP contribution is -2.24. The van der Waals surface area contributed by atoms with Crippen LogP contribution in [0.15, 0.2) is 35.1 Å². The van der Waals surface area contributed by atoms with Crippen LogP contribution in [0.5, 0.6) is 5.75 Å². The summed E-state index contributed by atoms with van der Waals surface area (Å²) < 4.78 is 48.4. The van der Waals surface area contributed by atoms with Crippen LogP contribution in [0.3, 0.4) is 0 Å². The van der Waals surface area contributed by atoms with Crippen molar-refractivity contribution < 1.29 is 23.0 Å². The number of rotatable bonds is 3. The van der Waals surface area contributed by atoms with Crippen molar-refractivity contribution >= 4 is 23.3 Å². The minimum atomic E-state index is -4.77. The van der Waals surface area contributed by atoms with Crippen molar-refractivity contribution in [1.29, 1.82) is 0 Å².